The summed E-state index contributed by atoms with van der Waals surface area (Å²) in [5, 5.41) is 9.12. The fraction of sp³-hybridized carbons (Fsp3) is 0.464. The Balaban J connectivity index is 2.00. The maximum absolute atomic E-state index is 11.1. The minimum atomic E-state index is -0.889. The SMILES string of the molecule is CC(C)CSCc1cc2c(cc1/C=C/c1ccc(C(=O)O)cc1)C(C)(C)CCC2(C)C. The van der Waals surface area contributed by atoms with Crippen LogP contribution in [0.1, 0.15) is 92.6 Å². The highest BCUT2D eigenvalue weighted by atomic mass is 32.2. The van der Waals surface area contributed by atoms with Gasteiger partial charge in [0.1, 0.15) is 0 Å². The van der Waals surface area contributed by atoms with Crippen LogP contribution in [0.5, 0.6) is 0 Å². The van der Waals surface area contributed by atoms with Crippen molar-refractivity contribution in [3.8, 4) is 0 Å². The molecule has 1 aliphatic rings. The lowest BCUT2D eigenvalue weighted by Gasteiger charge is -2.42. The van der Waals surface area contributed by atoms with E-state index >= 15 is 0 Å². The first-order valence-electron chi connectivity index (χ1n) is 11.3. The van der Waals surface area contributed by atoms with Crippen LogP contribution in [0.2, 0.25) is 0 Å². The Morgan fingerprint density at radius 2 is 1.58 bits per heavy atom. The van der Waals surface area contributed by atoms with Gasteiger partial charge in [-0.15, -0.1) is 0 Å². The van der Waals surface area contributed by atoms with Gasteiger partial charge in [0.25, 0.3) is 0 Å². The summed E-state index contributed by atoms with van der Waals surface area (Å²) in [6.45, 7) is 14.0. The Bertz CT molecular complexity index is 965. The molecule has 166 valence electrons. The van der Waals surface area contributed by atoms with Crippen LogP contribution in [0.3, 0.4) is 0 Å². The number of carbonyl (C=O) groups is 1. The van der Waals surface area contributed by atoms with Gasteiger partial charge in [-0.2, -0.15) is 11.8 Å². The van der Waals surface area contributed by atoms with Gasteiger partial charge in [-0.3, -0.25) is 0 Å². The number of carboxylic acids is 1. The van der Waals surface area contributed by atoms with Crippen LogP contribution in [0.25, 0.3) is 12.2 Å². The van der Waals surface area contributed by atoms with E-state index in [0.717, 1.165) is 17.1 Å². The minimum absolute atomic E-state index is 0.181. The summed E-state index contributed by atoms with van der Waals surface area (Å²) in [5.41, 5.74) is 7.38. The Hall–Kier alpha value is -2.00. The van der Waals surface area contributed by atoms with Crippen LogP contribution in [0, 0.1) is 5.92 Å². The molecule has 0 heterocycles. The molecule has 2 aromatic carbocycles. The van der Waals surface area contributed by atoms with Gasteiger partial charge in [-0.05, 0) is 75.3 Å². The van der Waals surface area contributed by atoms with Crippen molar-refractivity contribution < 1.29 is 9.90 Å². The highest BCUT2D eigenvalue weighted by Gasteiger charge is 2.37. The van der Waals surface area contributed by atoms with Crippen molar-refractivity contribution in [1.29, 1.82) is 0 Å². The molecule has 0 aromatic heterocycles. The van der Waals surface area contributed by atoms with Gasteiger partial charge in [0.15, 0.2) is 0 Å². The number of hydrogen-bond donors (Lipinski definition) is 1. The van der Waals surface area contributed by atoms with E-state index in [4.69, 9.17) is 5.11 Å². The van der Waals surface area contributed by atoms with Crippen LogP contribution in [-0.4, -0.2) is 16.8 Å². The van der Waals surface area contributed by atoms with E-state index in [1.165, 1.54) is 35.1 Å². The van der Waals surface area contributed by atoms with Crippen LogP contribution in [0.4, 0.5) is 0 Å². The summed E-state index contributed by atoms with van der Waals surface area (Å²) in [5.74, 6) is 1.97. The van der Waals surface area contributed by atoms with Gasteiger partial charge in [0.2, 0.25) is 0 Å². The zero-order valence-corrected chi connectivity index (χ0v) is 20.6. The summed E-state index contributed by atoms with van der Waals surface area (Å²) >= 11 is 2.01. The standard InChI is InChI=1S/C28H36O2S/c1-19(2)17-31-18-23-16-25-24(27(3,4)13-14-28(25,5)6)15-22(23)12-9-20-7-10-21(11-8-20)26(29)30/h7-12,15-16,19H,13-14,17-18H2,1-6H3,(H,29,30)/b12-9+. The summed E-state index contributed by atoms with van der Waals surface area (Å²) in [4.78, 5) is 11.1. The Morgan fingerprint density at radius 3 is 2.13 bits per heavy atom. The van der Waals surface area contributed by atoms with Crippen LogP contribution in [0.15, 0.2) is 36.4 Å². The Labute approximate surface area is 192 Å². The van der Waals surface area contributed by atoms with Gasteiger partial charge in [-0.25, -0.2) is 4.79 Å². The highest BCUT2D eigenvalue weighted by Crippen LogP contribution is 2.47. The van der Waals surface area contributed by atoms with Gasteiger partial charge < -0.3 is 5.11 Å². The summed E-state index contributed by atoms with van der Waals surface area (Å²) in [7, 11) is 0. The first-order valence-corrected chi connectivity index (χ1v) is 12.4. The van der Waals surface area contributed by atoms with Crippen molar-refractivity contribution in [2.24, 2.45) is 5.92 Å². The Kier molecular flexibility index (Phi) is 7.05. The average Bonchev–Trinajstić information content (AvgIpc) is 2.70. The average molecular weight is 437 g/mol. The van der Waals surface area contributed by atoms with Gasteiger partial charge in [0, 0.05) is 5.75 Å². The van der Waals surface area contributed by atoms with Crippen molar-refractivity contribution in [2.45, 2.75) is 71.0 Å². The van der Waals surface area contributed by atoms with E-state index in [-0.39, 0.29) is 10.8 Å². The maximum atomic E-state index is 11.1. The van der Waals surface area contributed by atoms with E-state index in [2.05, 4.69) is 65.8 Å². The molecule has 0 radical (unpaired) electrons. The number of carboxylic acid groups (broad SMARTS) is 1. The normalized spacial score (nSPS) is 17.1. The van der Waals surface area contributed by atoms with Crippen LogP contribution in [-0.2, 0) is 16.6 Å². The molecule has 0 atom stereocenters. The third-order valence-electron chi connectivity index (χ3n) is 6.43. The first kappa shape index (κ1) is 23.7. The molecule has 0 saturated carbocycles. The van der Waals surface area contributed by atoms with Crippen molar-refractivity contribution in [1.82, 2.24) is 0 Å². The fourth-order valence-electron chi connectivity index (χ4n) is 4.28. The molecule has 3 heteroatoms. The molecule has 0 aliphatic heterocycles. The molecule has 1 N–H and O–H groups in total. The van der Waals surface area contributed by atoms with Gasteiger partial charge in [-0.1, -0.05) is 78.0 Å². The quantitative estimate of drug-likeness (QED) is 0.450. The van der Waals surface area contributed by atoms with Gasteiger partial charge in [0.05, 0.1) is 5.56 Å². The highest BCUT2D eigenvalue weighted by molar-refractivity contribution is 7.98. The summed E-state index contributed by atoms with van der Waals surface area (Å²) in [6.07, 6.45) is 6.73. The minimum Gasteiger partial charge on any atom is -0.478 e. The third kappa shape index (κ3) is 5.63. The van der Waals surface area contributed by atoms with Crippen molar-refractivity contribution in [3.63, 3.8) is 0 Å². The lowest BCUT2D eigenvalue weighted by atomic mass is 9.62. The predicted molar refractivity (Wildman–Crippen MR) is 135 cm³/mol. The van der Waals surface area contributed by atoms with E-state index in [1.807, 2.05) is 23.9 Å². The summed E-state index contributed by atoms with van der Waals surface area (Å²) < 4.78 is 0. The molecular formula is C28H36O2S. The number of fused-ring (bicyclic) bond motifs is 1. The number of hydrogen-bond acceptors (Lipinski definition) is 2. The molecule has 1 aliphatic carbocycles. The molecule has 3 rings (SSSR count). The Morgan fingerprint density at radius 1 is 1.00 bits per heavy atom. The lowest BCUT2D eigenvalue weighted by molar-refractivity contribution is 0.0697. The second-order valence-corrected chi connectivity index (χ2v) is 11.6. The van der Waals surface area contributed by atoms with Crippen molar-refractivity contribution in [3.05, 3.63) is 69.8 Å². The molecule has 0 unspecified atom stereocenters. The fourth-order valence-corrected chi connectivity index (χ4v) is 5.34. The zero-order valence-electron chi connectivity index (χ0n) is 19.8. The van der Waals surface area contributed by atoms with Crippen LogP contribution >= 0.6 is 11.8 Å². The molecule has 0 spiro atoms. The molecule has 31 heavy (non-hydrogen) atoms. The number of rotatable bonds is 7. The molecule has 0 bridgehead atoms. The smallest absolute Gasteiger partial charge is 0.335 e. The lowest BCUT2D eigenvalue weighted by Crippen LogP contribution is -2.34. The van der Waals surface area contributed by atoms with E-state index < -0.39 is 5.97 Å². The molecule has 2 aromatic rings. The predicted octanol–water partition coefficient (Wildman–Crippen LogP) is 7.79. The third-order valence-corrected chi connectivity index (χ3v) is 7.85. The molecule has 0 amide bonds. The molecular weight excluding hydrogens is 400 g/mol. The number of benzene rings is 2. The number of aromatic carboxylic acids is 1. The van der Waals surface area contributed by atoms with E-state index in [1.54, 1.807) is 12.1 Å². The van der Waals surface area contributed by atoms with Crippen molar-refractivity contribution >= 4 is 29.9 Å². The van der Waals surface area contributed by atoms with E-state index in [9.17, 15) is 4.79 Å². The van der Waals surface area contributed by atoms with Gasteiger partial charge >= 0.3 is 5.97 Å². The molecule has 0 fully saturated rings. The van der Waals surface area contributed by atoms with E-state index in [0.29, 0.717) is 11.5 Å². The second kappa shape index (κ2) is 9.24. The second-order valence-electron chi connectivity index (χ2n) is 10.5. The monoisotopic (exact) mass is 436 g/mol. The zero-order chi connectivity index (χ0) is 22.8. The number of thioether (sulfide) groups is 1. The largest absolute Gasteiger partial charge is 0.478 e. The molecule has 0 saturated heterocycles. The maximum Gasteiger partial charge on any atom is 0.335 e. The van der Waals surface area contributed by atoms with Crippen molar-refractivity contribution in [2.75, 3.05) is 5.75 Å². The first-order chi connectivity index (χ1) is 14.5. The van der Waals surface area contributed by atoms with Crippen LogP contribution < -0.4 is 0 Å². The summed E-state index contributed by atoms with van der Waals surface area (Å²) in [6, 6.07) is 12.0. The topological polar surface area (TPSA) is 37.3 Å². The molecule has 2 nitrogen and oxygen atoms in total.